The van der Waals surface area contributed by atoms with Gasteiger partial charge < -0.3 is 5.32 Å². The van der Waals surface area contributed by atoms with Crippen LogP contribution in [0.4, 0.5) is 5.82 Å². The first kappa shape index (κ1) is 26.8. The molecule has 0 bridgehead atoms. The van der Waals surface area contributed by atoms with Gasteiger partial charge in [-0.2, -0.15) is 0 Å². The molecule has 0 fully saturated rings. The van der Waals surface area contributed by atoms with E-state index in [9.17, 15) is 0 Å². The monoisotopic (exact) mass is 502 g/mol. The molecule has 0 aliphatic rings. The van der Waals surface area contributed by atoms with Crippen LogP contribution in [0, 0.1) is 0 Å². The first-order valence-electron chi connectivity index (χ1n) is 11.9. The molecule has 1 aromatic carbocycles. The highest BCUT2D eigenvalue weighted by molar-refractivity contribution is 8.00. The van der Waals surface area contributed by atoms with Gasteiger partial charge in [-0.15, -0.1) is 0 Å². The number of benzene rings is 1. The number of aliphatic imine (C=N–C) groups is 1. The molecule has 0 amide bonds. The van der Waals surface area contributed by atoms with E-state index < -0.39 is 0 Å². The third-order valence-corrected chi connectivity index (χ3v) is 7.57. The van der Waals surface area contributed by atoms with Crippen molar-refractivity contribution in [3.05, 3.63) is 84.0 Å². The number of aromatic nitrogens is 2. The maximum absolute atomic E-state index is 4.79. The van der Waals surface area contributed by atoms with Gasteiger partial charge in [-0.3, -0.25) is 4.98 Å². The zero-order valence-corrected chi connectivity index (χ0v) is 23.0. The summed E-state index contributed by atoms with van der Waals surface area (Å²) < 4.78 is 0. The summed E-state index contributed by atoms with van der Waals surface area (Å²) in [6.07, 6.45) is 11.1. The third-order valence-electron chi connectivity index (χ3n) is 5.50. The molecule has 1 atom stereocenters. The zero-order chi connectivity index (χ0) is 25.2. The van der Waals surface area contributed by atoms with Gasteiger partial charge in [0.25, 0.3) is 0 Å². The smallest absolute Gasteiger partial charge is 0.167 e. The quantitative estimate of drug-likeness (QED) is 0.234. The molecule has 0 saturated carbocycles. The Morgan fingerprint density at radius 2 is 1.77 bits per heavy atom. The Balaban J connectivity index is 2.02. The van der Waals surface area contributed by atoms with Crippen molar-refractivity contribution < 1.29 is 0 Å². The fourth-order valence-corrected chi connectivity index (χ4v) is 5.55. The number of nitrogens with zero attached hydrogens (tertiary/aromatic N) is 3. The minimum absolute atomic E-state index is 0.413. The molecule has 2 heterocycles. The molecule has 1 N–H and O–H groups in total. The fourth-order valence-electron chi connectivity index (χ4n) is 3.47. The number of amidine groups is 1. The summed E-state index contributed by atoms with van der Waals surface area (Å²) in [6.45, 7) is 12.5. The lowest BCUT2D eigenvalue weighted by Gasteiger charge is -2.17. The van der Waals surface area contributed by atoms with E-state index in [1.54, 1.807) is 23.5 Å². The summed E-state index contributed by atoms with van der Waals surface area (Å²) in [5.41, 5.74) is 3.39. The minimum atomic E-state index is 0.413. The van der Waals surface area contributed by atoms with Crippen LogP contribution < -0.4 is 5.32 Å². The molecular weight excluding hydrogens is 468 g/mol. The largest absolute Gasteiger partial charge is 0.348 e. The lowest BCUT2D eigenvalue weighted by molar-refractivity contribution is 0.712. The van der Waals surface area contributed by atoms with Crippen molar-refractivity contribution in [3.8, 4) is 0 Å². The van der Waals surface area contributed by atoms with E-state index in [1.807, 2.05) is 52.2 Å². The van der Waals surface area contributed by atoms with Crippen LogP contribution in [0.2, 0.25) is 0 Å². The molecule has 1 unspecified atom stereocenters. The standard InChI is InChI=1S/C29H34N4S2/c1-7-13-25-28(20(4)8-2)26(16-17-30-25)35-24-18-27(34-23-14-11-10-12-15-23)29(31-19-24)33-22(6)32-21(5)9-3/h7,9-20H,8H2,1-6H3,(H,31,32,33)/b13-7-,21-9-. The molecule has 0 radical (unpaired) electrons. The second-order valence-corrected chi connectivity index (χ2v) is 10.5. The van der Waals surface area contributed by atoms with Crippen LogP contribution in [0.1, 0.15) is 65.1 Å². The number of allylic oxidation sites excluding steroid dienone is 3. The van der Waals surface area contributed by atoms with Gasteiger partial charge in [0.2, 0.25) is 0 Å². The SMILES string of the molecule is C/C=C\c1nccc(Sc2cnc(/N=C(\C)N/C(C)=C\C)c(Sc3ccccc3)c2)c1C(C)CC. The van der Waals surface area contributed by atoms with Crippen molar-refractivity contribution in [2.75, 3.05) is 0 Å². The lowest BCUT2D eigenvalue weighted by atomic mass is 9.97. The Kier molecular flexibility index (Phi) is 10.2. The number of hydrogen-bond acceptors (Lipinski definition) is 5. The summed E-state index contributed by atoms with van der Waals surface area (Å²) in [5.74, 6) is 1.94. The van der Waals surface area contributed by atoms with Gasteiger partial charge in [-0.25, -0.2) is 9.98 Å². The number of nitrogens with one attached hydrogen (secondary N) is 1. The number of pyridine rings is 2. The van der Waals surface area contributed by atoms with Crippen molar-refractivity contribution in [2.45, 2.75) is 73.5 Å². The van der Waals surface area contributed by atoms with Crippen LogP contribution in [0.15, 0.2) is 97.3 Å². The van der Waals surface area contributed by atoms with Gasteiger partial charge in [-0.1, -0.05) is 67.7 Å². The predicted octanol–water partition coefficient (Wildman–Crippen LogP) is 8.89. The van der Waals surface area contributed by atoms with Gasteiger partial charge in [0.1, 0.15) is 5.84 Å². The van der Waals surface area contributed by atoms with Crippen LogP contribution in [0.25, 0.3) is 6.08 Å². The van der Waals surface area contributed by atoms with E-state index in [4.69, 9.17) is 9.98 Å². The molecule has 4 nitrogen and oxygen atoms in total. The van der Waals surface area contributed by atoms with E-state index in [2.05, 4.69) is 72.7 Å². The van der Waals surface area contributed by atoms with Crippen LogP contribution in [0.3, 0.4) is 0 Å². The summed E-state index contributed by atoms with van der Waals surface area (Å²) in [6, 6.07) is 14.7. The molecule has 3 rings (SSSR count). The van der Waals surface area contributed by atoms with Crippen molar-refractivity contribution in [1.29, 1.82) is 0 Å². The highest BCUT2D eigenvalue weighted by Gasteiger charge is 2.16. The summed E-state index contributed by atoms with van der Waals surface area (Å²) in [4.78, 5) is 18.7. The van der Waals surface area contributed by atoms with Crippen molar-refractivity contribution >= 4 is 41.3 Å². The van der Waals surface area contributed by atoms with Crippen LogP contribution >= 0.6 is 23.5 Å². The second kappa shape index (κ2) is 13.3. The van der Waals surface area contributed by atoms with Crippen LogP contribution in [0.5, 0.6) is 0 Å². The van der Waals surface area contributed by atoms with Gasteiger partial charge in [0, 0.05) is 32.8 Å². The highest BCUT2D eigenvalue weighted by atomic mass is 32.2. The van der Waals surface area contributed by atoms with Crippen molar-refractivity contribution in [3.63, 3.8) is 0 Å². The van der Waals surface area contributed by atoms with Gasteiger partial charge in [-0.05, 0) is 75.9 Å². The number of hydrogen-bond donors (Lipinski definition) is 1. The number of rotatable bonds is 9. The summed E-state index contributed by atoms with van der Waals surface area (Å²) in [7, 11) is 0. The topological polar surface area (TPSA) is 50.2 Å². The Morgan fingerprint density at radius 1 is 1.03 bits per heavy atom. The first-order chi connectivity index (χ1) is 16.9. The second-order valence-electron chi connectivity index (χ2n) is 8.22. The van der Waals surface area contributed by atoms with E-state index in [1.165, 1.54) is 10.5 Å². The Morgan fingerprint density at radius 3 is 2.46 bits per heavy atom. The molecule has 0 aliphatic heterocycles. The van der Waals surface area contributed by atoms with Crippen molar-refractivity contribution in [2.24, 2.45) is 4.99 Å². The van der Waals surface area contributed by atoms with Crippen LogP contribution in [-0.2, 0) is 0 Å². The molecule has 6 heteroatoms. The Hall–Kier alpha value is -2.83. The Bertz CT molecular complexity index is 1220. The molecule has 182 valence electrons. The molecule has 2 aromatic heterocycles. The normalized spacial score (nSPS) is 13.3. The Labute approximate surface area is 218 Å². The molecule has 0 saturated heterocycles. The molecule has 0 aliphatic carbocycles. The van der Waals surface area contributed by atoms with Gasteiger partial charge in [0.15, 0.2) is 5.82 Å². The molecule has 0 spiro atoms. The predicted molar refractivity (Wildman–Crippen MR) is 152 cm³/mol. The van der Waals surface area contributed by atoms with E-state index >= 15 is 0 Å². The highest BCUT2D eigenvalue weighted by Crippen LogP contribution is 2.40. The van der Waals surface area contributed by atoms with Crippen molar-refractivity contribution in [1.82, 2.24) is 15.3 Å². The maximum Gasteiger partial charge on any atom is 0.167 e. The van der Waals surface area contributed by atoms with E-state index in [0.29, 0.717) is 11.7 Å². The fraction of sp³-hybridized carbons (Fsp3) is 0.276. The average Bonchev–Trinajstić information content (AvgIpc) is 2.86. The average molecular weight is 503 g/mol. The maximum atomic E-state index is 4.79. The lowest BCUT2D eigenvalue weighted by Crippen LogP contribution is -2.17. The summed E-state index contributed by atoms with van der Waals surface area (Å²) >= 11 is 3.42. The van der Waals surface area contributed by atoms with E-state index in [0.717, 1.165) is 38.3 Å². The van der Waals surface area contributed by atoms with Gasteiger partial charge in [0.05, 0.1) is 10.6 Å². The van der Waals surface area contributed by atoms with Crippen LogP contribution in [-0.4, -0.2) is 15.8 Å². The molecule has 35 heavy (non-hydrogen) atoms. The van der Waals surface area contributed by atoms with E-state index in [-0.39, 0.29) is 0 Å². The zero-order valence-electron chi connectivity index (χ0n) is 21.4. The molecular formula is C29H34N4S2. The minimum Gasteiger partial charge on any atom is -0.348 e. The molecule has 3 aromatic rings. The van der Waals surface area contributed by atoms with Gasteiger partial charge >= 0.3 is 0 Å². The first-order valence-corrected chi connectivity index (χ1v) is 13.6. The third kappa shape index (κ3) is 7.58. The summed E-state index contributed by atoms with van der Waals surface area (Å²) in [5, 5.41) is 3.31.